The molecule has 1 N–H and O–H groups in total. The first-order chi connectivity index (χ1) is 10.4. The number of nitrogens with one attached hydrogen (secondary N) is 1. The van der Waals surface area contributed by atoms with E-state index in [1.165, 1.54) is 23.3 Å². The molecule has 2 aromatic heterocycles. The Kier molecular flexibility index (Phi) is 4.70. The van der Waals surface area contributed by atoms with Crippen LogP contribution in [0.3, 0.4) is 0 Å². The number of Topliss-reactive ketones (excluding diaryl/α,β-unsaturated/α-hetero) is 1. The third-order valence-corrected chi connectivity index (χ3v) is 4.56. The minimum Gasteiger partial charge on any atom is -0.309 e. The summed E-state index contributed by atoms with van der Waals surface area (Å²) in [6.07, 6.45) is 3.75. The molecule has 0 radical (unpaired) electrons. The molecular formula is C14H18N4O3S. The first kappa shape index (κ1) is 16.3. The van der Waals surface area contributed by atoms with Gasteiger partial charge in [0.15, 0.2) is 16.3 Å². The molecule has 118 valence electrons. The van der Waals surface area contributed by atoms with Crippen LogP contribution in [0.15, 0.2) is 26.9 Å². The van der Waals surface area contributed by atoms with Crippen molar-refractivity contribution < 1.29 is 4.79 Å². The summed E-state index contributed by atoms with van der Waals surface area (Å²) >= 11 is 1.28. The number of thioether (sulfide) groups is 1. The van der Waals surface area contributed by atoms with E-state index in [1.54, 1.807) is 18.5 Å². The molecule has 1 atom stereocenters. The summed E-state index contributed by atoms with van der Waals surface area (Å²) in [4.78, 5) is 42.0. The van der Waals surface area contributed by atoms with E-state index in [-0.39, 0.29) is 11.0 Å². The summed E-state index contributed by atoms with van der Waals surface area (Å²) in [5.74, 6) is 0.0254. The Morgan fingerprint density at radius 3 is 2.73 bits per heavy atom. The van der Waals surface area contributed by atoms with Gasteiger partial charge in [0.1, 0.15) is 5.78 Å². The maximum Gasteiger partial charge on any atom is 0.329 e. The van der Waals surface area contributed by atoms with E-state index in [4.69, 9.17) is 0 Å². The van der Waals surface area contributed by atoms with Gasteiger partial charge in [-0.15, -0.1) is 0 Å². The maximum atomic E-state index is 12.1. The number of ketones is 1. The number of hydrogen-bond donors (Lipinski definition) is 1. The van der Waals surface area contributed by atoms with E-state index in [0.717, 1.165) is 0 Å². The van der Waals surface area contributed by atoms with Crippen molar-refractivity contribution in [3.05, 3.63) is 33.0 Å². The molecule has 0 aliphatic heterocycles. The molecule has 22 heavy (non-hydrogen) atoms. The fourth-order valence-electron chi connectivity index (χ4n) is 1.93. The van der Waals surface area contributed by atoms with Crippen LogP contribution < -0.4 is 11.2 Å². The molecule has 0 aliphatic carbocycles. The van der Waals surface area contributed by atoms with Crippen molar-refractivity contribution in [3.8, 4) is 0 Å². The number of rotatable bonds is 5. The zero-order valence-electron chi connectivity index (χ0n) is 12.9. The second kappa shape index (κ2) is 6.35. The Bertz CT molecular complexity index is 859. The Hall–Kier alpha value is -2.09. The SMILES string of the molecule is C/C=C/Cn1c(SC(C)C(C)=O)nc2c1c(=O)[nH]c(=O)n2C. The molecule has 0 aliphatic rings. The minimum absolute atomic E-state index is 0.0254. The lowest BCUT2D eigenvalue weighted by Gasteiger charge is -2.08. The molecule has 0 saturated carbocycles. The first-order valence-electron chi connectivity index (χ1n) is 6.84. The topological polar surface area (TPSA) is 89.8 Å². The van der Waals surface area contributed by atoms with Crippen LogP contribution in [0.1, 0.15) is 20.8 Å². The second-order valence-corrected chi connectivity index (χ2v) is 6.24. The van der Waals surface area contributed by atoms with Crippen molar-refractivity contribution in [2.24, 2.45) is 7.05 Å². The molecule has 0 bridgehead atoms. The highest BCUT2D eigenvalue weighted by Crippen LogP contribution is 2.25. The van der Waals surface area contributed by atoms with Crippen LogP contribution in [-0.2, 0) is 18.4 Å². The Morgan fingerprint density at radius 1 is 1.45 bits per heavy atom. The molecule has 0 aromatic carbocycles. The number of hydrogen-bond acceptors (Lipinski definition) is 5. The highest BCUT2D eigenvalue weighted by Gasteiger charge is 2.20. The third-order valence-electron chi connectivity index (χ3n) is 3.35. The second-order valence-electron chi connectivity index (χ2n) is 4.94. The van der Waals surface area contributed by atoms with Crippen LogP contribution in [0.4, 0.5) is 0 Å². The number of carbonyl (C=O) groups is 1. The Labute approximate surface area is 131 Å². The quantitative estimate of drug-likeness (QED) is 0.657. The van der Waals surface area contributed by atoms with Gasteiger partial charge in [-0.25, -0.2) is 9.78 Å². The molecule has 0 spiro atoms. The van der Waals surface area contributed by atoms with E-state index in [9.17, 15) is 14.4 Å². The standard InChI is InChI=1S/C14H18N4O3S/c1-5-6-7-18-10-11(17(4)13(21)16-12(10)20)15-14(18)22-9(3)8(2)19/h5-6,9H,7H2,1-4H3,(H,16,20,21)/b6-5+. The highest BCUT2D eigenvalue weighted by atomic mass is 32.2. The summed E-state index contributed by atoms with van der Waals surface area (Å²) in [6.45, 7) is 5.63. The number of H-pyrrole nitrogens is 1. The zero-order chi connectivity index (χ0) is 16.4. The number of allylic oxidation sites excluding steroid dienone is 2. The number of aromatic amines is 1. The van der Waals surface area contributed by atoms with Crippen LogP contribution in [0.2, 0.25) is 0 Å². The molecular weight excluding hydrogens is 304 g/mol. The lowest BCUT2D eigenvalue weighted by Crippen LogP contribution is -2.29. The number of fused-ring (bicyclic) bond motifs is 1. The van der Waals surface area contributed by atoms with Gasteiger partial charge in [0.05, 0.1) is 5.25 Å². The minimum atomic E-state index is -0.510. The van der Waals surface area contributed by atoms with Crippen molar-refractivity contribution >= 4 is 28.7 Å². The number of aromatic nitrogens is 4. The van der Waals surface area contributed by atoms with Crippen molar-refractivity contribution in [1.29, 1.82) is 0 Å². The van der Waals surface area contributed by atoms with E-state index in [1.807, 2.05) is 19.1 Å². The number of carbonyl (C=O) groups excluding carboxylic acids is 1. The van der Waals surface area contributed by atoms with Crippen LogP contribution >= 0.6 is 11.8 Å². The van der Waals surface area contributed by atoms with Gasteiger partial charge in [-0.05, 0) is 20.8 Å². The van der Waals surface area contributed by atoms with Crippen LogP contribution in [0.5, 0.6) is 0 Å². The molecule has 8 heteroatoms. The lowest BCUT2D eigenvalue weighted by molar-refractivity contribution is -0.116. The molecule has 1 unspecified atom stereocenters. The van der Waals surface area contributed by atoms with Crippen LogP contribution in [-0.4, -0.2) is 30.1 Å². The van der Waals surface area contributed by atoms with Gasteiger partial charge in [-0.1, -0.05) is 23.9 Å². The first-order valence-corrected chi connectivity index (χ1v) is 7.72. The summed E-state index contributed by atoms with van der Waals surface area (Å²) in [6, 6.07) is 0. The molecule has 2 rings (SSSR count). The molecule has 0 saturated heterocycles. The average molecular weight is 322 g/mol. The fourth-order valence-corrected chi connectivity index (χ4v) is 2.84. The number of aryl methyl sites for hydroxylation is 1. The van der Waals surface area contributed by atoms with Crippen molar-refractivity contribution in [2.75, 3.05) is 0 Å². The predicted molar refractivity (Wildman–Crippen MR) is 86.4 cm³/mol. The summed E-state index contributed by atoms with van der Waals surface area (Å²) in [5.41, 5.74) is -0.336. The van der Waals surface area contributed by atoms with Crippen LogP contribution in [0.25, 0.3) is 11.2 Å². The van der Waals surface area contributed by atoms with Crippen molar-refractivity contribution in [3.63, 3.8) is 0 Å². The van der Waals surface area contributed by atoms with E-state index < -0.39 is 11.2 Å². The number of imidazole rings is 1. The van der Waals surface area contributed by atoms with Gasteiger partial charge in [0.25, 0.3) is 5.56 Å². The van der Waals surface area contributed by atoms with Gasteiger partial charge < -0.3 is 4.57 Å². The van der Waals surface area contributed by atoms with E-state index in [0.29, 0.717) is 22.9 Å². The molecule has 0 amide bonds. The average Bonchev–Trinajstić information content (AvgIpc) is 2.81. The van der Waals surface area contributed by atoms with Gasteiger partial charge in [-0.3, -0.25) is 19.1 Å². The molecule has 2 heterocycles. The summed E-state index contributed by atoms with van der Waals surface area (Å²) < 4.78 is 3.02. The maximum absolute atomic E-state index is 12.1. The summed E-state index contributed by atoms with van der Waals surface area (Å²) in [5, 5.41) is 0.264. The normalized spacial score (nSPS) is 13.1. The fraction of sp³-hybridized carbons (Fsp3) is 0.429. The number of nitrogens with zero attached hydrogens (tertiary/aromatic N) is 3. The summed E-state index contributed by atoms with van der Waals surface area (Å²) in [7, 11) is 1.55. The Balaban J connectivity index is 2.72. The van der Waals surface area contributed by atoms with Gasteiger partial charge in [0.2, 0.25) is 0 Å². The van der Waals surface area contributed by atoms with Gasteiger partial charge in [0, 0.05) is 13.6 Å². The molecule has 2 aromatic rings. The molecule has 7 nitrogen and oxygen atoms in total. The van der Waals surface area contributed by atoms with Crippen LogP contribution in [0, 0.1) is 0 Å². The van der Waals surface area contributed by atoms with Gasteiger partial charge in [-0.2, -0.15) is 0 Å². The van der Waals surface area contributed by atoms with Gasteiger partial charge >= 0.3 is 5.69 Å². The smallest absolute Gasteiger partial charge is 0.309 e. The predicted octanol–water partition coefficient (Wildman–Crippen LogP) is 1.07. The highest BCUT2D eigenvalue weighted by molar-refractivity contribution is 8.00. The van der Waals surface area contributed by atoms with Crippen molar-refractivity contribution in [2.45, 2.75) is 37.7 Å². The Morgan fingerprint density at radius 2 is 2.14 bits per heavy atom. The van der Waals surface area contributed by atoms with Crippen molar-refractivity contribution in [1.82, 2.24) is 19.1 Å². The third kappa shape index (κ3) is 2.92. The van der Waals surface area contributed by atoms with E-state index >= 15 is 0 Å². The zero-order valence-corrected chi connectivity index (χ0v) is 13.7. The molecule has 0 fully saturated rings. The monoisotopic (exact) mass is 322 g/mol. The lowest BCUT2D eigenvalue weighted by atomic mass is 10.3. The largest absolute Gasteiger partial charge is 0.329 e. The van der Waals surface area contributed by atoms with E-state index in [2.05, 4.69) is 9.97 Å².